The summed E-state index contributed by atoms with van der Waals surface area (Å²) in [6.07, 6.45) is 0.708. The average Bonchev–Trinajstić information content (AvgIpc) is 2.46. The van der Waals surface area contributed by atoms with Crippen LogP contribution in [-0.2, 0) is 17.8 Å². The van der Waals surface area contributed by atoms with Gasteiger partial charge in [-0.25, -0.2) is 0 Å². The maximum Gasteiger partial charge on any atom is 0.307 e. The quantitative estimate of drug-likeness (QED) is 0.828. The van der Waals surface area contributed by atoms with Crippen molar-refractivity contribution in [3.05, 3.63) is 64.7 Å². The molecule has 0 atom stereocenters. The number of hydrogen-bond acceptors (Lipinski definition) is 3. The minimum atomic E-state index is -0.882. The summed E-state index contributed by atoms with van der Waals surface area (Å²) in [5.74, 6) is -0.343. The number of benzene rings is 2. The Kier molecular flexibility index (Phi) is 4.72. The molecule has 4 nitrogen and oxygen atoms in total. The summed E-state index contributed by atoms with van der Waals surface area (Å²) in [5.41, 5.74) is 2.88. The number of aldehydes is 1. The number of aliphatic carboxylic acids is 1. The number of ether oxygens (including phenoxy) is 1. The molecule has 2 aromatic rings. The lowest BCUT2D eigenvalue weighted by Gasteiger charge is -2.13. The van der Waals surface area contributed by atoms with Gasteiger partial charge in [0.2, 0.25) is 0 Å². The Morgan fingerprint density at radius 1 is 1.14 bits per heavy atom. The second-order valence-corrected chi connectivity index (χ2v) is 4.74. The van der Waals surface area contributed by atoms with E-state index in [4.69, 9.17) is 9.84 Å². The molecule has 21 heavy (non-hydrogen) atoms. The molecule has 0 heterocycles. The van der Waals surface area contributed by atoms with E-state index in [-0.39, 0.29) is 13.0 Å². The van der Waals surface area contributed by atoms with Gasteiger partial charge >= 0.3 is 5.97 Å². The molecule has 4 heteroatoms. The lowest BCUT2D eigenvalue weighted by molar-refractivity contribution is -0.136. The molecule has 2 aromatic carbocycles. The highest BCUT2D eigenvalue weighted by Crippen LogP contribution is 2.23. The minimum absolute atomic E-state index is 0.0478. The topological polar surface area (TPSA) is 63.6 Å². The lowest BCUT2D eigenvalue weighted by Crippen LogP contribution is -2.07. The molecular weight excluding hydrogens is 268 g/mol. The van der Waals surface area contributed by atoms with Crippen LogP contribution >= 0.6 is 0 Å². The Balaban J connectivity index is 2.21. The zero-order valence-corrected chi connectivity index (χ0v) is 11.7. The van der Waals surface area contributed by atoms with Gasteiger partial charge in [0, 0.05) is 0 Å². The van der Waals surface area contributed by atoms with Gasteiger partial charge in [0.05, 0.1) is 12.0 Å². The smallest absolute Gasteiger partial charge is 0.307 e. The maximum atomic E-state index is 11.0. The molecule has 2 rings (SSSR count). The van der Waals surface area contributed by atoms with Crippen LogP contribution in [-0.4, -0.2) is 17.4 Å². The van der Waals surface area contributed by atoms with Crippen LogP contribution in [0.3, 0.4) is 0 Å². The molecule has 0 saturated carbocycles. The van der Waals surface area contributed by atoms with E-state index in [1.807, 2.05) is 25.1 Å². The van der Waals surface area contributed by atoms with Crippen molar-refractivity contribution in [1.82, 2.24) is 0 Å². The van der Waals surface area contributed by atoms with E-state index in [2.05, 4.69) is 0 Å². The molecule has 0 aliphatic heterocycles. The van der Waals surface area contributed by atoms with E-state index in [0.717, 1.165) is 17.4 Å². The van der Waals surface area contributed by atoms with Gasteiger partial charge in [-0.2, -0.15) is 0 Å². The summed E-state index contributed by atoms with van der Waals surface area (Å²) in [6.45, 7) is 2.10. The minimum Gasteiger partial charge on any atom is -0.488 e. The van der Waals surface area contributed by atoms with Gasteiger partial charge in [0.25, 0.3) is 0 Å². The predicted molar refractivity (Wildman–Crippen MR) is 78.7 cm³/mol. The van der Waals surface area contributed by atoms with Gasteiger partial charge in [0.15, 0.2) is 6.29 Å². The van der Waals surface area contributed by atoms with E-state index in [1.165, 1.54) is 0 Å². The van der Waals surface area contributed by atoms with Crippen molar-refractivity contribution in [2.75, 3.05) is 0 Å². The highest BCUT2D eigenvalue weighted by atomic mass is 16.5. The molecule has 0 aliphatic carbocycles. The van der Waals surface area contributed by atoms with Crippen LogP contribution in [0.4, 0.5) is 0 Å². The van der Waals surface area contributed by atoms with Crippen LogP contribution in [0.15, 0.2) is 42.5 Å². The van der Waals surface area contributed by atoms with Gasteiger partial charge in [-0.3, -0.25) is 9.59 Å². The van der Waals surface area contributed by atoms with Gasteiger partial charge < -0.3 is 9.84 Å². The lowest BCUT2D eigenvalue weighted by atomic mass is 10.1. The number of carboxylic acids is 1. The number of para-hydroxylation sites is 1. The fourth-order valence-electron chi connectivity index (χ4n) is 2.15. The number of rotatable bonds is 6. The SMILES string of the molecule is Cc1cccc(C=O)c1OCc1ccccc1CC(=O)O. The molecule has 0 radical (unpaired) electrons. The summed E-state index contributed by atoms with van der Waals surface area (Å²) in [4.78, 5) is 21.9. The van der Waals surface area contributed by atoms with Gasteiger partial charge in [-0.15, -0.1) is 0 Å². The molecule has 0 bridgehead atoms. The molecule has 1 N–H and O–H groups in total. The first kappa shape index (κ1) is 14.8. The van der Waals surface area contributed by atoms with E-state index >= 15 is 0 Å². The fourth-order valence-corrected chi connectivity index (χ4v) is 2.15. The normalized spacial score (nSPS) is 10.1. The second-order valence-electron chi connectivity index (χ2n) is 4.74. The number of carbonyl (C=O) groups excluding carboxylic acids is 1. The highest BCUT2D eigenvalue weighted by Gasteiger charge is 2.10. The first-order valence-electron chi connectivity index (χ1n) is 6.58. The Morgan fingerprint density at radius 2 is 1.86 bits per heavy atom. The maximum absolute atomic E-state index is 11.0. The number of aryl methyl sites for hydroxylation is 1. The molecule has 0 spiro atoms. The first-order valence-corrected chi connectivity index (χ1v) is 6.58. The highest BCUT2D eigenvalue weighted by molar-refractivity contribution is 5.80. The summed E-state index contributed by atoms with van der Waals surface area (Å²) in [6, 6.07) is 12.6. The van der Waals surface area contributed by atoms with Crippen molar-refractivity contribution < 1.29 is 19.4 Å². The molecule has 0 fully saturated rings. The van der Waals surface area contributed by atoms with Crippen LogP contribution in [0.5, 0.6) is 5.75 Å². The monoisotopic (exact) mass is 284 g/mol. The largest absolute Gasteiger partial charge is 0.488 e. The summed E-state index contributed by atoms with van der Waals surface area (Å²) >= 11 is 0. The summed E-state index contributed by atoms with van der Waals surface area (Å²) in [5, 5.41) is 8.92. The third-order valence-electron chi connectivity index (χ3n) is 3.20. The van der Waals surface area contributed by atoms with Crippen molar-refractivity contribution >= 4 is 12.3 Å². The molecule has 0 aliphatic rings. The molecule has 0 saturated heterocycles. The van der Waals surface area contributed by atoms with E-state index in [9.17, 15) is 9.59 Å². The third-order valence-corrected chi connectivity index (χ3v) is 3.20. The van der Waals surface area contributed by atoms with Gasteiger partial charge in [-0.1, -0.05) is 36.4 Å². The third kappa shape index (κ3) is 3.69. The van der Waals surface area contributed by atoms with Crippen molar-refractivity contribution in [3.63, 3.8) is 0 Å². The number of carbonyl (C=O) groups is 2. The van der Waals surface area contributed by atoms with Crippen LogP contribution in [0, 0.1) is 6.92 Å². The van der Waals surface area contributed by atoms with Gasteiger partial charge in [0.1, 0.15) is 12.4 Å². The van der Waals surface area contributed by atoms with Crippen LogP contribution in [0.1, 0.15) is 27.0 Å². The Morgan fingerprint density at radius 3 is 2.52 bits per heavy atom. The van der Waals surface area contributed by atoms with Gasteiger partial charge in [-0.05, 0) is 29.7 Å². The standard InChI is InChI=1S/C17H16O4/c1-12-5-4-8-14(10-18)17(12)21-11-15-7-3-2-6-13(15)9-16(19)20/h2-8,10H,9,11H2,1H3,(H,19,20). The van der Waals surface area contributed by atoms with Crippen molar-refractivity contribution in [2.24, 2.45) is 0 Å². The van der Waals surface area contributed by atoms with E-state index in [0.29, 0.717) is 16.9 Å². The fraction of sp³-hybridized carbons (Fsp3) is 0.176. The Hall–Kier alpha value is -2.62. The van der Waals surface area contributed by atoms with Crippen molar-refractivity contribution in [2.45, 2.75) is 20.0 Å². The molecule has 108 valence electrons. The average molecular weight is 284 g/mol. The van der Waals surface area contributed by atoms with Crippen LogP contribution in [0.25, 0.3) is 0 Å². The van der Waals surface area contributed by atoms with Crippen molar-refractivity contribution in [1.29, 1.82) is 0 Å². The predicted octanol–water partition coefficient (Wildman–Crippen LogP) is 3.01. The number of hydrogen-bond donors (Lipinski definition) is 1. The van der Waals surface area contributed by atoms with E-state index < -0.39 is 5.97 Å². The second kappa shape index (κ2) is 6.70. The summed E-state index contributed by atoms with van der Waals surface area (Å²) in [7, 11) is 0. The van der Waals surface area contributed by atoms with Crippen LogP contribution < -0.4 is 4.74 Å². The van der Waals surface area contributed by atoms with Crippen LogP contribution in [0.2, 0.25) is 0 Å². The zero-order chi connectivity index (χ0) is 15.2. The summed E-state index contributed by atoms with van der Waals surface area (Å²) < 4.78 is 5.74. The molecule has 0 aromatic heterocycles. The van der Waals surface area contributed by atoms with E-state index in [1.54, 1.807) is 24.3 Å². The Labute approximate surface area is 123 Å². The Bertz CT molecular complexity index is 662. The molecule has 0 unspecified atom stereocenters. The van der Waals surface area contributed by atoms with Crippen molar-refractivity contribution in [3.8, 4) is 5.75 Å². The first-order chi connectivity index (χ1) is 10.1. The number of carboxylic acid groups (broad SMARTS) is 1. The molecular formula is C17H16O4. The molecule has 0 amide bonds. The zero-order valence-electron chi connectivity index (χ0n) is 11.7.